The summed E-state index contributed by atoms with van der Waals surface area (Å²) in [4.78, 5) is 11.1. The predicted octanol–water partition coefficient (Wildman–Crippen LogP) is 2.50. The molecule has 0 fully saturated rings. The van der Waals surface area contributed by atoms with E-state index in [1.807, 2.05) is 0 Å². The molecule has 20 heavy (non-hydrogen) atoms. The Hall–Kier alpha value is -2.37. The molecule has 1 N–H and O–H groups in total. The minimum absolute atomic E-state index is 0.165. The largest absolute Gasteiger partial charge is 0.478 e. The fraction of sp³-hybridized carbons (Fsp3) is 0.286. The second kappa shape index (κ2) is 5.73. The zero-order chi connectivity index (χ0) is 14.7. The van der Waals surface area contributed by atoms with E-state index in [1.54, 1.807) is 32.2 Å². The zero-order valence-electron chi connectivity index (χ0n) is 11.2. The molecule has 1 atom stereocenters. The van der Waals surface area contributed by atoms with Gasteiger partial charge < -0.3 is 9.84 Å². The van der Waals surface area contributed by atoms with Gasteiger partial charge in [-0.2, -0.15) is 5.10 Å². The van der Waals surface area contributed by atoms with Crippen LogP contribution in [0.3, 0.4) is 0 Å². The van der Waals surface area contributed by atoms with Crippen LogP contribution < -0.4 is 4.74 Å². The molecule has 1 unspecified atom stereocenters. The molecule has 1 heterocycles. The van der Waals surface area contributed by atoms with Crippen molar-refractivity contribution in [1.82, 2.24) is 9.78 Å². The summed E-state index contributed by atoms with van der Waals surface area (Å²) in [6, 6.07) is 5.80. The molecule has 0 saturated heterocycles. The van der Waals surface area contributed by atoms with E-state index in [0.717, 1.165) is 0 Å². The molecular weight excluding hydrogens is 263 g/mol. The Labute approximate surface area is 115 Å². The molecule has 0 radical (unpaired) electrons. The second-order valence-corrected chi connectivity index (χ2v) is 4.72. The van der Waals surface area contributed by atoms with Gasteiger partial charge in [0.05, 0.1) is 18.1 Å². The summed E-state index contributed by atoms with van der Waals surface area (Å²) in [5.74, 6) is -1.16. The molecule has 0 amide bonds. The van der Waals surface area contributed by atoms with Gasteiger partial charge in [-0.25, -0.2) is 13.9 Å². The first kappa shape index (κ1) is 14.0. The topological polar surface area (TPSA) is 64.4 Å². The summed E-state index contributed by atoms with van der Waals surface area (Å²) in [6.45, 7) is 3.53. The number of carbonyl (C=O) groups is 1. The maximum Gasteiger partial charge on any atom is 0.345 e. The first-order chi connectivity index (χ1) is 9.47. The van der Waals surface area contributed by atoms with Crippen molar-refractivity contribution in [2.45, 2.75) is 20.0 Å². The molecule has 0 saturated carbocycles. The minimum Gasteiger partial charge on any atom is -0.478 e. The maximum absolute atomic E-state index is 12.8. The van der Waals surface area contributed by atoms with Gasteiger partial charge in [0.1, 0.15) is 5.82 Å². The first-order valence-electron chi connectivity index (χ1n) is 6.17. The SMILES string of the molecule is CC(C)C(Oc1cnn(-c2ccc(F)cc2)c1)C(=O)O. The van der Waals surface area contributed by atoms with Crippen molar-refractivity contribution in [1.29, 1.82) is 0 Å². The summed E-state index contributed by atoms with van der Waals surface area (Å²) in [5, 5.41) is 13.1. The molecule has 0 spiro atoms. The molecule has 1 aromatic carbocycles. The van der Waals surface area contributed by atoms with Crippen molar-refractivity contribution >= 4 is 5.97 Å². The molecule has 0 aliphatic heterocycles. The van der Waals surface area contributed by atoms with E-state index in [0.29, 0.717) is 11.4 Å². The average Bonchev–Trinajstić information content (AvgIpc) is 2.84. The molecular formula is C14H15FN2O3. The Balaban J connectivity index is 2.16. The van der Waals surface area contributed by atoms with Gasteiger partial charge in [-0.3, -0.25) is 0 Å². The quantitative estimate of drug-likeness (QED) is 0.912. The van der Waals surface area contributed by atoms with Crippen LogP contribution in [0.4, 0.5) is 4.39 Å². The van der Waals surface area contributed by atoms with Crippen LogP contribution in [0.25, 0.3) is 5.69 Å². The number of rotatable bonds is 5. The highest BCUT2D eigenvalue weighted by Gasteiger charge is 2.24. The van der Waals surface area contributed by atoms with E-state index in [9.17, 15) is 9.18 Å². The number of hydrogen-bond acceptors (Lipinski definition) is 3. The standard InChI is InChI=1S/C14H15FN2O3/c1-9(2)13(14(18)19)20-12-7-16-17(8-12)11-5-3-10(15)4-6-11/h3-9,13H,1-2H3,(H,18,19). The molecule has 2 aromatic rings. The molecule has 6 heteroatoms. The van der Waals surface area contributed by atoms with Crippen molar-refractivity contribution in [2.75, 3.05) is 0 Å². The second-order valence-electron chi connectivity index (χ2n) is 4.72. The lowest BCUT2D eigenvalue weighted by Crippen LogP contribution is -2.32. The van der Waals surface area contributed by atoms with Crippen molar-refractivity contribution in [3.05, 3.63) is 42.5 Å². The van der Waals surface area contributed by atoms with Crippen LogP contribution in [0.1, 0.15) is 13.8 Å². The third-order valence-corrected chi connectivity index (χ3v) is 2.76. The normalized spacial score (nSPS) is 12.4. The highest BCUT2D eigenvalue weighted by atomic mass is 19.1. The van der Waals surface area contributed by atoms with Gasteiger partial charge in [0.15, 0.2) is 11.9 Å². The molecule has 5 nitrogen and oxygen atoms in total. The van der Waals surface area contributed by atoms with Gasteiger partial charge in [0.2, 0.25) is 0 Å². The summed E-state index contributed by atoms with van der Waals surface area (Å²) >= 11 is 0. The van der Waals surface area contributed by atoms with E-state index in [2.05, 4.69) is 5.10 Å². The average molecular weight is 278 g/mol. The highest BCUT2D eigenvalue weighted by Crippen LogP contribution is 2.18. The van der Waals surface area contributed by atoms with Crippen molar-refractivity contribution in [3.63, 3.8) is 0 Å². The molecule has 106 valence electrons. The first-order valence-corrected chi connectivity index (χ1v) is 6.17. The molecule has 0 aliphatic rings. The molecule has 0 aliphatic carbocycles. The highest BCUT2D eigenvalue weighted by molar-refractivity contribution is 5.73. The third-order valence-electron chi connectivity index (χ3n) is 2.76. The van der Waals surface area contributed by atoms with E-state index in [1.165, 1.54) is 23.0 Å². The number of carboxylic acids is 1. The Kier molecular flexibility index (Phi) is 4.02. The Morgan fingerprint density at radius 1 is 1.35 bits per heavy atom. The lowest BCUT2D eigenvalue weighted by molar-refractivity contribution is -0.147. The maximum atomic E-state index is 12.8. The third kappa shape index (κ3) is 3.14. The smallest absolute Gasteiger partial charge is 0.345 e. The van der Waals surface area contributed by atoms with Crippen LogP contribution in [0.15, 0.2) is 36.7 Å². The lowest BCUT2D eigenvalue weighted by Gasteiger charge is -2.16. The van der Waals surface area contributed by atoms with Crippen LogP contribution in [-0.2, 0) is 4.79 Å². The minimum atomic E-state index is -1.02. The van der Waals surface area contributed by atoms with Crippen LogP contribution in [-0.4, -0.2) is 27.0 Å². The fourth-order valence-electron chi connectivity index (χ4n) is 1.72. The Bertz CT molecular complexity index is 593. The van der Waals surface area contributed by atoms with Crippen LogP contribution in [0.2, 0.25) is 0 Å². The summed E-state index contributed by atoms with van der Waals surface area (Å²) in [7, 11) is 0. The van der Waals surface area contributed by atoms with E-state index in [4.69, 9.17) is 9.84 Å². The number of ether oxygens (including phenoxy) is 1. The number of halogens is 1. The van der Waals surface area contributed by atoms with Crippen LogP contribution in [0.5, 0.6) is 5.75 Å². The number of nitrogens with zero attached hydrogens (tertiary/aromatic N) is 2. The number of benzene rings is 1. The van der Waals surface area contributed by atoms with Gasteiger partial charge in [-0.1, -0.05) is 13.8 Å². The fourth-order valence-corrected chi connectivity index (χ4v) is 1.72. The zero-order valence-corrected chi connectivity index (χ0v) is 11.2. The van der Waals surface area contributed by atoms with Crippen LogP contribution in [0, 0.1) is 11.7 Å². The van der Waals surface area contributed by atoms with Gasteiger partial charge in [0.25, 0.3) is 0 Å². The Morgan fingerprint density at radius 2 is 2.00 bits per heavy atom. The van der Waals surface area contributed by atoms with E-state index < -0.39 is 12.1 Å². The molecule has 1 aromatic heterocycles. The van der Waals surface area contributed by atoms with E-state index in [-0.39, 0.29) is 11.7 Å². The van der Waals surface area contributed by atoms with Crippen molar-refractivity contribution in [3.8, 4) is 11.4 Å². The summed E-state index contributed by atoms with van der Waals surface area (Å²) in [6.07, 6.45) is 2.06. The molecule has 2 rings (SSSR count). The Morgan fingerprint density at radius 3 is 2.55 bits per heavy atom. The van der Waals surface area contributed by atoms with Gasteiger partial charge in [-0.05, 0) is 24.3 Å². The number of carboxylic acid groups (broad SMARTS) is 1. The lowest BCUT2D eigenvalue weighted by atomic mass is 10.1. The van der Waals surface area contributed by atoms with Gasteiger partial charge >= 0.3 is 5.97 Å². The van der Waals surface area contributed by atoms with Crippen molar-refractivity contribution < 1.29 is 19.0 Å². The van der Waals surface area contributed by atoms with Gasteiger partial charge in [0, 0.05) is 5.92 Å². The summed E-state index contributed by atoms with van der Waals surface area (Å²) < 4.78 is 19.7. The summed E-state index contributed by atoms with van der Waals surface area (Å²) in [5.41, 5.74) is 0.665. The number of hydrogen-bond donors (Lipinski definition) is 1. The van der Waals surface area contributed by atoms with Gasteiger partial charge in [-0.15, -0.1) is 0 Å². The van der Waals surface area contributed by atoms with Crippen LogP contribution >= 0.6 is 0 Å². The van der Waals surface area contributed by atoms with E-state index >= 15 is 0 Å². The van der Waals surface area contributed by atoms with Crippen molar-refractivity contribution in [2.24, 2.45) is 5.92 Å². The number of aliphatic carboxylic acids is 1. The predicted molar refractivity (Wildman–Crippen MR) is 70.4 cm³/mol. The number of aromatic nitrogens is 2. The molecule has 0 bridgehead atoms. The monoisotopic (exact) mass is 278 g/mol.